The zero-order valence-corrected chi connectivity index (χ0v) is 16.8. The SMILES string of the molecule is COCOc1cc(CC(=O)OC)c(-c2cccc3ccccc23)c(OCOC)c1. The van der Waals surface area contributed by atoms with Crippen LogP contribution in [0.2, 0.25) is 0 Å². The minimum absolute atomic E-state index is 0.0587. The predicted molar refractivity (Wildman–Crippen MR) is 110 cm³/mol. The Balaban J connectivity index is 2.23. The van der Waals surface area contributed by atoms with Crippen molar-refractivity contribution in [2.45, 2.75) is 6.42 Å². The van der Waals surface area contributed by atoms with Crippen molar-refractivity contribution < 1.29 is 28.5 Å². The van der Waals surface area contributed by atoms with E-state index in [0.29, 0.717) is 11.5 Å². The number of benzene rings is 3. The summed E-state index contributed by atoms with van der Waals surface area (Å²) in [5.41, 5.74) is 2.48. The van der Waals surface area contributed by atoms with E-state index < -0.39 is 0 Å². The van der Waals surface area contributed by atoms with Crippen LogP contribution in [-0.4, -0.2) is 40.9 Å². The summed E-state index contributed by atoms with van der Waals surface area (Å²) in [7, 11) is 4.47. The largest absolute Gasteiger partial charge is 0.469 e. The molecule has 0 aliphatic carbocycles. The molecule has 0 saturated carbocycles. The number of fused-ring (bicyclic) bond motifs is 1. The summed E-state index contributed by atoms with van der Waals surface area (Å²) in [6, 6.07) is 17.7. The van der Waals surface area contributed by atoms with Crippen LogP contribution >= 0.6 is 0 Å². The first kappa shape index (κ1) is 20.6. The highest BCUT2D eigenvalue weighted by atomic mass is 16.7. The smallest absolute Gasteiger partial charge is 0.310 e. The Bertz CT molecular complexity index is 977. The van der Waals surface area contributed by atoms with Gasteiger partial charge in [-0.05, 0) is 28.0 Å². The number of carbonyl (C=O) groups is 1. The lowest BCUT2D eigenvalue weighted by atomic mass is 9.92. The van der Waals surface area contributed by atoms with E-state index in [4.69, 9.17) is 23.7 Å². The molecule has 152 valence electrons. The molecule has 6 nitrogen and oxygen atoms in total. The molecule has 0 aliphatic rings. The summed E-state index contributed by atoms with van der Waals surface area (Å²) in [5, 5.41) is 2.14. The summed E-state index contributed by atoms with van der Waals surface area (Å²) in [4.78, 5) is 12.1. The number of methoxy groups -OCH3 is 3. The maximum absolute atomic E-state index is 12.1. The Hall–Kier alpha value is -3.09. The maximum atomic E-state index is 12.1. The van der Waals surface area contributed by atoms with Crippen LogP contribution in [0, 0.1) is 0 Å². The molecule has 6 heteroatoms. The lowest BCUT2D eigenvalue weighted by Gasteiger charge is -2.19. The van der Waals surface area contributed by atoms with E-state index in [9.17, 15) is 4.79 Å². The van der Waals surface area contributed by atoms with Gasteiger partial charge in [0, 0.05) is 25.8 Å². The van der Waals surface area contributed by atoms with E-state index in [2.05, 4.69) is 0 Å². The molecule has 0 amide bonds. The normalized spacial score (nSPS) is 10.7. The molecule has 0 aromatic heterocycles. The predicted octanol–water partition coefficient (Wildman–Crippen LogP) is 4.19. The first-order valence-electron chi connectivity index (χ1n) is 9.13. The molecule has 0 N–H and O–H groups in total. The monoisotopic (exact) mass is 396 g/mol. The highest BCUT2D eigenvalue weighted by Crippen LogP contribution is 2.41. The van der Waals surface area contributed by atoms with Crippen LogP contribution in [0.15, 0.2) is 54.6 Å². The Labute approximate surface area is 169 Å². The summed E-state index contributed by atoms with van der Waals surface area (Å²) in [6.07, 6.45) is 0.0720. The molecule has 0 aliphatic heterocycles. The fourth-order valence-electron chi connectivity index (χ4n) is 3.21. The van der Waals surface area contributed by atoms with Gasteiger partial charge in [0.05, 0.1) is 13.5 Å². The molecular weight excluding hydrogens is 372 g/mol. The molecule has 0 unspecified atom stereocenters. The highest BCUT2D eigenvalue weighted by Gasteiger charge is 2.19. The van der Waals surface area contributed by atoms with Crippen molar-refractivity contribution in [2.75, 3.05) is 34.9 Å². The Morgan fingerprint density at radius 2 is 1.59 bits per heavy atom. The van der Waals surface area contributed by atoms with Crippen molar-refractivity contribution in [1.82, 2.24) is 0 Å². The number of esters is 1. The summed E-state index contributed by atoms with van der Waals surface area (Å²) in [5.74, 6) is 0.727. The van der Waals surface area contributed by atoms with Crippen molar-refractivity contribution in [3.8, 4) is 22.6 Å². The quantitative estimate of drug-likeness (QED) is 0.399. The van der Waals surface area contributed by atoms with E-state index >= 15 is 0 Å². The average Bonchev–Trinajstić information content (AvgIpc) is 2.75. The van der Waals surface area contributed by atoms with E-state index in [1.807, 2.05) is 48.5 Å². The van der Waals surface area contributed by atoms with E-state index in [0.717, 1.165) is 27.5 Å². The Morgan fingerprint density at radius 3 is 2.34 bits per heavy atom. The van der Waals surface area contributed by atoms with Crippen LogP contribution in [0.3, 0.4) is 0 Å². The second-order valence-corrected chi connectivity index (χ2v) is 6.34. The summed E-state index contributed by atoms with van der Waals surface area (Å²) < 4.78 is 26.5. The number of rotatable bonds is 9. The van der Waals surface area contributed by atoms with Gasteiger partial charge in [-0.15, -0.1) is 0 Å². The van der Waals surface area contributed by atoms with E-state index in [1.165, 1.54) is 7.11 Å². The fourth-order valence-corrected chi connectivity index (χ4v) is 3.21. The third-order valence-corrected chi connectivity index (χ3v) is 4.45. The molecule has 29 heavy (non-hydrogen) atoms. The zero-order valence-electron chi connectivity index (χ0n) is 16.8. The molecule has 0 radical (unpaired) electrons. The van der Waals surface area contributed by atoms with Crippen molar-refractivity contribution in [2.24, 2.45) is 0 Å². The number of hydrogen-bond donors (Lipinski definition) is 0. The molecule has 3 aromatic carbocycles. The van der Waals surface area contributed by atoms with Crippen LogP contribution in [0.1, 0.15) is 5.56 Å². The first-order valence-corrected chi connectivity index (χ1v) is 9.13. The van der Waals surface area contributed by atoms with E-state index in [1.54, 1.807) is 20.3 Å². The number of carbonyl (C=O) groups excluding carboxylic acids is 1. The third-order valence-electron chi connectivity index (χ3n) is 4.45. The van der Waals surface area contributed by atoms with Crippen molar-refractivity contribution in [3.63, 3.8) is 0 Å². The molecule has 0 heterocycles. The van der Waals surface area contributed by atoms with E-state index in [-0.39, 0.29) is 26.0 Å². The second-order valence-electron chi connectivity index (χ2n) is 6.34. The van der Waals surface area contributed by atoms with Gasteiger partial charge in [-0.25, -0.2) is 0 Å². The molecule has 0 spiro atoms. The highest BCUT2D eigenvalue weighted by molar-refractivity contribution is 5.99. The van der Waals surface area contributed by atoms with Gasteiger partial charge in [-0.3, -0.25) is 4.79 Å². The molecule has 0 saturated heterocycles. The number of hydrogen-bond acceptors (Lipinski definition) is 6. The summed E-state index contributed by atoms with van der Waals surface area (Å²) >= 11 is 0. The van der Waals surface area contributed by atoms with Gasteiger partial charge in [0.25, 0.3) is 0 Å². The van der Waals surface area contributed by atoms with Gasteiger partial charge < -0.3 is 23.7 Å². The fraction of sp³-hybridized carbons (Fsp3) is 0.261. The van der Waals surface area contributed by atoms with Crippen LogP contribution in [0.5, 0.6) is 11.5 Å². The van der Waals surface area contributed by atoms with Crippen molar-refractivity contribution in [3.05, 3.63) is 60.2 Å². The Morgan fingerprint density at radius 1 is 0.862 bits per heavy atom. The molecule has 3 rings (SSSR count). The van der Waals surface area contributed by atoms with Gasteiger partial charge >= 0.3 is 5.97 Å². The summed E-state index contributed by atoms with van der Waals surface area (Å²) in [6.45, 7) is 0.137. The minimum atomic E-state index is -0.354. The molecule has 0 atom stereocenters. The van der Waals surface area contributed by atoms with Crippen LogP contribution in [0.25, 0.3) is 21.9 Å². The molecule has 3 aromatic rings. The third kappa shape index (κ3) is 4.85. The standard InChI is InChI=1S/C23H24O6/c1-25-14-28-18-11-17(12-22(24)27-3)23(21(13-18)29-15-26-2)20-10-6-8-16-7-4-5-9-19(16)20/h4-11,13H,12,14-15H2,1-3H3. The Kier molecular flexibility index (Phi) is 7.05. The average molecular weight is 396 g/mol. The van der Waals surface area contributed by atoms with Crippen LogP contribution in [-0.2, 0) is 25.4 Å². The van der Waals surface area contributed by atoms with Gasteiger partial charge in [0.2, 0.25) is 0 Å². The molecular formula is C23H24O6. The molecule has 0 bridgehead atoms. The first-order chi connectivity index (χ1) is 14.2. The lowest BCUT2D eigenvalue weighted by molar-refractivity contribution is -0.139. The van der Waals surface area contributed by atoms with Gasteiger partial charge in [0.15, 0.2) is 13.6 Å². The maximum Gasteiger partial charge on any atom is 0.310 e. The minimum Gasteiger partial charge on any atom is -0.469 e. The lowest BCUT2D eigenvalue weighted by Crippen LogP contribution is -2.09. The van der Waals surface area contributed by atoms with Gasteiger partial charge in [-0.1, -0.05) is 42.5 Å². The van der Waals surface area contributed by atoms with Crippen molar-refractivity contribution in [1.29, 1.82) is 0 Å². The topological polar surface area (TPSA) is 63.2 Å². The zero-order chi connectivity index (χ0) is 20.6. The van der Waals surface area contributed by atoms with Gasteiger partial charge in [0.1, 0.15) is 11.5 Å². The van der Waals surface area contributed by atoms with Gasteiger partial charge in [-0.2, -0.15) is 0 Å². The number of ether oxygens (including phenoxy) is 5. The van der Waals surface area contributed by atoms with Crippen molar-refractivity contribution >= 4 is 16.7 Å². The second kappa shape index (κ2) is 9.91. The molecule has 0 fully saturated rings. The van der Waals surface area contributed by atoms with Crippen LogP contribution in [0.4, 0.5) is 0 Å². The van der Waals surface area contributed by atoms with Crippen LogP contribution < -0.4 is 9.47 Å².